The minimum Gasteiger partial charge on any atom is -0.297 e. The number of nitrogens with one attached hydrogen (secondary N) is 1. The Hall–Kier alpha value is -1.81. The summed E-state index contributed by atoms with van der Waals surface area (Å²) in [6.45, 7) is 3.90. The van der Waals surface area contributed by atoms with Gasteiger partial charge in [0.2, 0.25) is 0 Å². The molecule has 2 aromatic rings. The second-order valence-corrected chi connectivity index (χ2v) is 6.12. The van der Waals surface area contributed by atoms with Crippen molar-refractivity contribution in [3.05, 3.63) is 55.8 Å². The number of aromatic nitrogens is 2. The van der Waals surface area contributed by atoms with Crippen molar-refractivity contribution in [2.24, 2.45) is 5.92 Å². The van der Waals surface area contributed by atoms with Crippen molar-refractivity contribution in [3.63, 3.8) is 0 Å². The summed E-state index contributed by atoms with van der Waals surface area (Å²) in [6.07, 6.45) is 2.13. The summed E-state index contributed by atoms with van der Waals surface area (Å²) < 4.78 is 1.30. The van der Waals surface area contributed by atoms with E-state index in [0.717, 1.165) is 24.0 Å². The second kappa shape index (κ2) is 5.19. The molecule has 4 nitrogen and oxygen atoms in total. The highest BCUT2D eigenvalue weighted by atomic mass is 35.5. The quantitative estimate of drug-likeness (QED) is 0.886. The van der Waals surface area contributed by atoms with Gasteiger partial charge >= 0.3 is 5.69 Å². The molecule has 1 fully saturated rings. The van der Waals surface area contributed by atoms with Crippen molar-refractivity contribution in [1.82, 2.24) is 9.55 Å². The molecule has 1 aromatic carbocycles. The number of aryl methyl sites for hydroxylation is 1. The number of hydrogen-bond acceptors (Lipinski definition) is 2. The first-order valence-corrected chi connectivity index (χ1v) is 7.48. The molecule has 3 rings (SSSR count). The predicted molar refractivity (Wildman–Crippen MR) is 83.9 cm³/mol. The maximum Gasteiger partial charge on any atom is 0.329 e. The van der Waals surface area contributed by atoms with Crippen LogP contribution < -0.4 is 11.2 Å². The third kappa shape index (κ3) is 2.56. The van der Waals surface area contributed by atoms with Gasteiger partial charge in [0.1, 0.15) is 5.15 Å². The summed E-state index contributed by atoms with van der Waals surface area (Å²) >= 11 is 6.11. The molecule has 0 amide bonds. The number of nitrogens with zero attached hydrogens (tertiary/aromatic N) is 1. The molecule has 1 heterocycles. The smallest absolute Gasteiger partial charge is 0.297 e. The van der Waals surface area contributed by atoms with Crippen LogP contribution in [0.25, 0.3) is 11.1 Å². The van der Waals surface area contributed by atoms with Gasteiger partial charge in [-0.25, -0.2) is 4.79 Å². The van der Waals surface area contributed by atoms with Crippen molar-refractivity contribution in [3.8, 4) is 11.1 Å². The summed E-state index contributed by atoms with van der Waals surface area (Å²) in [4.78, 5) is 27.4. The van der Waals surface area contributed by atoms with E-state index in [9.17, 15) is 9.59 Å². The molecule has 0 saturated heterocycles. The lowest BCUT2D eigenvalue weighted by Crippen LogP contribution is -2.38. The number of rotatable bonds is 3. The highest BCUT2D eigenvalue weighted by Gasteiger charge is 2.31. The zero-order chi connectivity index (χ0) is 15.1. The number of halogens is 1. The third-order valence-corrected chi connectivity index (χ3v) is 4.42. The van der Waals surface area contributed by atoms with E-state index in [0.29, 0.717) is 11.5 Å². The van der Waals surface area contributed by atoms with Crippen LogP contribution in [0.2, 0.25) is 5.15 Å². The van der Waals surface area contributed by atoms with Gasteiger partial charge in [0.05, 0.1) is 5.56 Å². The molecule has 0 bridgehead atoms. The van der Waals surface area contributed by atoms with Gasteiger partial charge in [-0.2, -0.15) is 0 Å². The van der Waals surface area contributed by atoms with Crippen molar-refractivity contribution >= 4 is 11.6 Å². The van der Waals surface area contributed by atoms with E-state index < -0.39 is 5.69 Å². The maximum absolute atomic E-state index is 12.7. The number of benzene rings is 1. The third-order valence-electron chi connectivity index (χ3n) is 4.14. The number of hydrogen-bond donors (Lipinski definition) is 1. The minimum absolute atomic E-state index is 0.0947. The van der Waals surface area contributed by atoms with E-state index in [4.69, 9.17) is 11.6 Å². The SMILES string of the molecule is Cc1ccc(-c2c(Cl)[nH]c(=O)n(C(C)C3CC3)c2=O)cc1. The minimum atomic E-state index is -0.430. The highest BCUT2D eigenvalue weighted by molar-refractivity contribution is 6.32. The van der Waals surface area contributed by atoms with Gasteiger partial charge in [0.25, 0.3) is 5.56 Å². The lowest BCUT2D eigenvalue weighted by Gasteiger charge is -2.15. The van der Waals surface area contributed by atoms with Crippen molar-refractivity contribution < 1.29 is 0 Å². The molecule has 1 unspecified atom stereocenters. The molecule has 0 spiro atoms. The lowest BCUT2D eigenvalue weighted by atomic mass is 10.1. The average molecular weight is 305 g/mol. The van der Waals surface area contributed by atoms with Crippen LogP contribution in [-0.2, 0) is 0 Å². The fraction of sp³-hybridized carbons (Fsp3) is 0.375. The molecule has 5 heteroatoms. The van der Waals surface area contributed by atoms with E-state index >= 15 is 0 Å². The Balaban J connectivity index is 2.21. The molecule has 1 N–H and O–H groups in total. The zero-order valence-corrected chi connectivity index (χ0v) is 12.8. The average Bonchev–Trinajstić information content (AvgIpc) is 3.24. The van der Waals surface area contributed by atoms with Crippen molar-refractivity contribution in [2.45, 2.75) is 32.7 Å². The van der Waals surface area contributed by atoms with Crippen LogP contribution in [0, 0.1) is 12.8 Å². The van der Waals surface area contributed by atoms with E-state index in [2.05, 4.69) is 4.98 Å². The Labute approximate surface area is 127 Å². The molecule has 1 aliphatic carbocycles. The fourth-order valence-electron chi connectivity index (χ4n) is 2.65. The first-order chi connectivity index (χ1) is 9.99. The largest absolute Gasteiger partial charge is 0.329 e. The summed E-state index contributed by atoms with van der Waals surface area (Å²) in [5.74, 6) is 0.413. The van der Waals surface area contributed by atoms with Crippen molar-refractivity contribution in [2.75, 3.05) is 0 Å². The van der Waals surface area contributed by atoms with Gasteiger partial charge in [-0.15, -0.1) is 0 Å². The summed E-state index contributed by atoms with van der Waals surface area (Å²) in [7, 11) is 0. The van der Waals surface area contributed by atoms with E-state index in [1.165, 1.54) is 4.57 Å². The molecule has 1 aliphatic rings. The Morgan fingerprint density at radius 3 is 2.43 bits per heavy atom. The molecular formula is C16H17ClN2O2. The van der Waals surface area contributed by atoms with Gasteiger partial charge in [-0.3, -0.25) is 14.3 Å². The zero-order valence-electron chi connectivity index (χ0n) is 12.0. The van der Waals surface area contributed by atoms with Crippen molar-refractivity contribution in [1.29, 1.82) is 0 Å². The first-order valence-electron chi connectivity index (χ1n) is 7.10. The highest BCUT2D eigenvalue weighted by Crippen LogP contribution is 2.38. The summed E-state index contributed by atoms with van der Waals surface area (Å²) in [5.41, 5.74) is 1.45. The van der Waals surface area contributed by atoms with E-state index in [1.807, 2.05) is 38.1 Å². The Bertz CT molecular complexity index is 785. The maximum atomic E-state index is 12.7. The fourth-order valence-corrected chi connectivity index (χ4v) is 2.92. The monoisotopic (exact) mass is 304 g/mol. The van der Waals surface area contributed by atoms with Gasteiger partial charge in [-0.1, -0.05) is 41.4 Å². The standard InChI is InChI=1S/C16H17ClN2O2/c1-9-3-5-12(6-4-9)13-14(17)18-16(21)19(15(13)20)10(2)11-7-8-11/h3-6,10-11H,7-8H2,1-2H3,(H,18,21). The van der Waals surface area contributed by atoms with Crippen LogP contribution >= 0.6 is 11.6 Å². The number of aromatic amines is 1. The van der Waals surface area contributed by atoms with Crippen LogP contribution in [0.4, 0.5) is 0 Å². The Kier molecular flexibility index (Phi) is 3.49. The van der Waals surface area contributed by atoms with Crippen LogP contribution in [-0.4, -0.2) is 9.55 Å². The molecule has 21 heavy (non-hydrogen) atoms. The van der Waals surface area contributed by atoms with Gasteiger partial charge < -0.3 is 0 Å². The Morgan fingerprint density at radius 2 is 1.86 bits per heavy atom. The summed E-state index contributed by atoms with van der Waals surface area (Å²) in [5, 5.41) is 0.105. The normalized spacial score (nSPS) is 16.0. The second-order valence-electron chi connectivity index (χ2n) is 5.74. The molecule has 110 valence electrons. The topological polar surface area (TPSA) is 54.9 Å². The first kappa shape index (κ1) is 14.1. The van der Waals surface area contributed by atoms with Crippen LogP contribution in [0.5, 0.6) is 0 Å². The molecule has 1 aromatic heterocycles. The lowest BCUT2D eigenvalue weighted by molar-refractivity contribution is 0.452. The summed E-state index contributed by atoms with van der Waals surface area (Å²) in [6, 6.07) is 7.45. The number of H-pyrrole nitrogens is 1. The van der Waals surface area contributed by atoms with Gasteiger partial charge in [-0.05, 0) is 38.2 Å². The van der Waals surface area contributed by atoms with Crippen LogP contribution in [0.15, 0.2) is 33.9 Å². The van der Waals surface area contributed by atoms with Gasteiger partial charge in [0.15, 0.2) is 0 Å². The van der Waals surface area contributed by atoms with E-state index in [-0.39, 0.29) is 16.8 Å². The molecular weight excluding hydrogens is 288 g/mol. The molecule has 0 aliphatic heterocycles. The van der Waals surface area contributed by atoms with Crippen LogP contribution in [0.1, 0.15) is 31.4 Å². The molecule has 1 saturated carbocycles. The molecule has 0 radical (unpaired) electrons. The van der Waals surface area contributed by atoms with E-state index in [1.54, 1.807) is 0 Å². The molecule has 1 atom stereocenters. The van der Waals surface area contributed by atoms with Crippen LogP contribution in [0.3, 0.4) is 0 Å². The van der Waals surface area contributed by atoms with Gasteiger partial charge in [0, 0.05) is 6.04 Å². The predicted octanol–water partition coefficient (Wildman–Crippen LogP) is 3.14. The Morgan fingerprint density at radius 1 is 1.24 bits per heavy atom.